The summed E-state index contributed by atoms with van der Waals surface area (Å²) in [6.07, 6.45) is 3.86. The highest BCUT2D eigenvalue weighted by molar-refractivity contribution is 5.80. The van der Waals surface area contributed by atoms with E-state index in [2.05, 4.69) is 39.3 Å². The number of halogens is 1. The molecule has 1 saturated heterocycles. The highest BCUT2D eigenvalue weighted by Gasteiger charge is 2.29. The Morgan fingerprint density at radius 1 is 1.34 bits per heavy atom. The van der Waals surface area contributed by atoms with Gasteiger partial charge < -0.3 is 19.9 Å². The maximum absolute atomic E-state index is 13.3. The van der Waals surface area contributed by atoms with Crippen molar-refractivity contribution in [2.24, 2.45) is 12.0 Å². The number of aryl methyl sites for hydroxylation is 1. The number of guanidine groups is 1. The molecule has 0 bridgehead atoms. The maximum Gasteiger partial charge on any atom is 0.193 e. The summed E-state index contributed by atoms with van der Waals surface area (Å²) >= 11 is 0. The lowest BCUT2D eigenvalue weighted by atomic mass is 10.1. The molecular formula is C21H31FN6O. The van der Waals surface area contributed by atoms with Crippen LogP contribution in [0.5, 0.6) is 0 Å². The van der Waals surface area contributed by atoms with Gasteiger partial charge in [-0.3, -0.25) is 9.67 Å². The fourth-order valence-corrected chi connectivity index (χ4v) is 3.72. The van der Waals surface area contributed by atoms with E-state index in [1.807, 2.05) is 31.0 Å². The topological polar surface area (TPSA) is 57.9 Å². The predicted molar refractivity (Wildman–Crippen MR) is 112 cm³/mol. The molecule has 3 atom stereocenters. The number of nitrogens with one attached hydrogen (secondary N) is 1. The first kappa shape index (κ1) is 21.3. The van der Waals surface area contributed by atoms with Gasteiger partial charge in [0.05, 0.1) is 24.9 Å². The van der Waals surface area contributed by atoms with E-state index in [1.165, 1.54) is 12.1 Å². The van der Waals surface area contributed by atoms with Gasteiger partial charge in [-0.1, -0.05) is 12.1 Å². The monoisotopic (exact) mass is 402 g/mol. The zero-order valence-electron chi connectivity index (χ0n) is 17.8. The Kier molecular flexibility index (Phi) is 6.87. The van der Waals surface area contributed by atoms with Gasteiger partial charge in [-0.25, -0.2) is 4.39 Å². The number of hydrogen-bond donors (Lipinski definition) is 1. The van der Waals surface area contributed by atoms with Crippen molar-refractivity contribution in [2.45, 2.75) is 25.2 Å². The van der Waals surface area contributed by atoms with Crippen LogP contribution in [0.15, 0.2) is 41.7 Å². The van der Waals surface area contributed by atoms with Gasteiger partial charge in [0.25, 0.3) is 0 Å². The number of nitrogens with zero attached hydrogens (tertiary/aromatic N) is 5. The van der Waals surface area contributed by atoms with E-state index in [0.717, 1.165) is 23.6 Å². The van der Waals surface area contributed by atoms with Crippen molar-refractivity contribution in [1.82, 2.24) is 24.9 Å². The van der Waals surface area contributed by atoms with E-state index in [1.54, 1.807) is 19.2 Å². The van der Waals surface area contributed by atoms with Crippen LogP contribution in [0.1, 0.15) is 30.2 Å². The fraction of sp³-hybridized carbons (Fsp3) is 0.524. The Bertz CT molecular complexity index is 819. The minimum absolute atomic E-state index is 0.0420. The van der Waals surface area contributed by atoms with E-state index >= 15 is 0 Å². The number of aliphatic imine (C=N–C) groups is 1. The third-order valence-corrected chi connectivity index (χ3v) is 5.20. The minimum atomic E-state index is -0.239. The highest BCUT2D eigenvalue weighted by Crippen LogP contribution is 2.25. The smallest absolute Gasteiger partial charge is 0.193 e. The molecule has 1 aromatic heterocycles. The van der Waals surface area contributed by atoms with Crippen LogP contribution in [-0.4, -0.2) is 72.4 Å². The standard InChI is InChI=1S/C21H31FN6O/c1-15-12-28(14-20(29-15)16-6-8-18(22)9-7-16)21(23-2)24-11-19(26(3)4)17-10-25-27(5)13-17/h6-10,13,15,19-20H,11-12,14H2,1-5H3,(H,23,24). The number of rotatable bonds is 5. The Morgan fingerprint density at radius 2 is 2.07 bits per heavy atom. The van der Waals surface area contributed by atoms with Gasteiger partial charge in [-0.15, -0.1) is 0 Å². The summed E-state index contributed by atoms with van der Waals surface area (Å²) in [5, 5.41) is 7.81. The molecule has 0 radical (unpaired) electrons. The molecule has 29 heavy (non-hydrogen) atoms. The molecule has 0 spiro atoms. The van der Waals surface area contributed by atoms with E-state index in [9.17, 15) is 4.39 Å². The second-order valence-electron chi connectivity index (χ2n) is 7.75. The molecule has 2 heterocycles. The molecular weight excluding hydrogens is 371 g/mol. The second kappa shape index (κ2) is 9.37. The van der Waals surface area contributed by atoms with Crippen LogP contribution in [0, 0.1) is 5.82 Å². The fourth-order valence-electron chi connectivity index (χ4n) is 3.72. The molecule has 2 aromatic rings. The van der Waals surface area contributed by atoms with E-state index < -0.39 is 0 Å². The van der Waals surface area contributed by atoms with E-state index in [0.29, 0.717) is 13.1 Å². The number of aromatic nitrogens is 2. The molecule has 7 nitrogen and oxygen atoms in total. The molecule has 158 valence electrons. The molecule has 0 aliphatic carbocycles. The first-order chi connectivity index (χ1) is 13.9. The Balaban J connectivity index is 1.68. The molecule has 0 amide bonds. The van der Waals surface area contributed by atoms with E-state index in [4.69, 9.17) is 4.74 Å². The van der Waals surface area contributed by atoms with Crippen LogP contribution in [-0.2, 0) is 11.8 Å². The third-order valence-electron chi connectivity index (χ3n) is 5.20. The van der Waals surface area contributed by atoms with Gasteiger partial charge in [0.1, 0.15) is 11.9 Å². The Labute approximate surface area is 172 Å². The van der Waals surface area contributed by atoms with Crippen LogP contribution in [0.3, 0.4) is 0 Å². The summed E-state index contributed by atoms with van der Waals surface area (Å²) < 4.78 is 21.2. The van der Waals surface area contributed by atoms with Gasteiger partial charge in [-0.2, -0.15) is 5.10 Å². The second-order valence-corrected chi connectivity index (χ2v) is 7.75. The summed E-state index contributed by atoms with van der Waals surface area (Å²) in [6, 6.07) is 6.70. The van der Waals surface area contributed by atoms with Gasteiger partial charge >= 0.3 is 0 Å². The number of morpholine rings is 1. The first-order valence-corrected chi connectivity index (χ1v) is 9.89. The van der Waals surface area contributed by atoms with E-state index in [-0.39, 0.29) is 24.1 Å². The normalized spacial score (nSPS) is 21.5. The summed E-state index contributed by atoms with van der Waals surface area (Å²) in [5.41, 5.74) is 2.12. The quantitative estimate of drug-likeness (QED) is 0.614. The molecule has 1 N–H and O–H groups in total. The molecule has 3 rings (SSSR count). The van der Waals surface area contributed by atoms with Crippen LogP contribution < -0.4 is 5.32 Å². The third kappa shape index (κ3) is 5.33. The first-order valence-electron chi connectivity index (χ1n) is 9.89. The lowest BCUT2D eigenvalue weighted by Gasteiger charge is -2.39. The zero-order valence-corrected chi connectivity index (χ0v) is 17.8. The van der Waals surface area contributed by atoms with Crippen LogP contribution in [0.25, 0.3) is 0 Å². The van der Waals surface area contributed by atoms with Gasteiger partial charge in [0.2, 0.25) is 0 Å². The highest BCUT2D eigenvalue weighted by atomic mass is 19.1. The molecule has 1 aliphatic rings. The van der Waals surface area contributed by atoms with Gasteiger partial charge in [0, 0.05) is 38.9 Å². The molecule has 1 fully saturated rings. The minimum Gasteiger partial charge on any atom is -0.367 e. The van der Waals surface area contributed by atoms with Crippen LogP contribution in [0.4, 0.5) is 4.39 Å². The average molecular weight is 403 g/mol. The largest absolute Gasteiger partial charge is 0.367 e. The number of ether oxygens (including phenoxy) is 1. The lowest BCUT2D eigenvalue weighted by Crippen LogP contribution is -2.51. The summed E-state index contributed by atoms with van der Waals surface area (Å²) in [7, 11) is 7.84. The van der Waals surface area contributed by atoms with Crippen molar-refractivity contribution in [2.75, 3.05) is 40.8 Å². The number of hydrogen-bond acceptors (Lipinski definition) is 4. The van der Waals surface area contributed by atoms with Crippen molar-refractivity contribution in [1.29, 1.82) is 0 Å². The summed E-state index contributed by atoms with van der Waals surface area (Å²) in [6.45, 7) is 4.17. The van der Waals surface area contributed by atoms with Crippen molar-refractivity contribution in [3.8, 4) is 0 Å². The van der Waals surface area contributed by atoms with Gasteiger partial charge in [0.15, 0.2) is 5.96 Å². The SMILES string of the molecule is CN=C(NCC(c1cnn(C)c1)N(C)C)N1CC(C)OC(c2ccc(F)cc2)C1. The maximum atomic E-state index is 13.3. The number of likely N-dealkylation sites (N-methyl/N-ethyl adjacent to an activating group) is 1. The average Bonchev–Trinajstić information content (AvgIpc) is 3.11. The molecule has 1 aromatic carbocycles. The van der Waals surface area contributed by atoms with Crippen LogP contribution >= 0.6 is 0 Å². The summed E-state index contributed by atoms with van der Waals surface area (Å²) in [5.74, 6) is 0.597. The summed E-state index contributed by atoms with van der Waals surface area (Å²) in [4.78, 5) is 8.87. The predicted octanol–water partition coefficient (Wildman–Crippen LogP) is 2.20. The molecule has 8 heteroatoms. The van der Waals surface area contributed by atoms with Crippen molar-refractivity contribution in [3.05, 3.63) is 53.6 Å². The van der Waals surface area contributed by atoms with Crippen molar-refractivity contribution < 1.29 is 9.13 Å². The lowest BCUT2D eigenvalue weighted by molar-refractivity contribution is -0.0605. The Morgan fingerprint density at radius 3 is 2.66 bits per heavy atom. The molecule has 3 unspecified atom stereocenters. The molecule has 1 aliphatic heterocycles. The zero-order chi connectivity index (χ0) is 21.0. The van der Waals surface area contributed by atoms with Crippen molar-refractivity contribution >= 4 is 5.96 Å². The van der Waals surface area contributed by atoms with Crippen LogP contribution in [0.2, 0.25) is 0 Å². The molecule has 0 saturated carbocycles. The van der Waals surface area contributed by atoms with Crippen molar-refractivity contribution in [3.63, 3.8) is 0 Å². The van der Waals surface area contributed by atoms with Gasteiger partial charge in [-0.05, 0) is 38.7 Å². The Hall–Kier alpha value is -2.45. The number of benzene rings is 1.